The van der Waals surface area contributed by atoms with Crippen molar-refractivity contribution in [3.05, 3.63) is 58.5 Å². The highest BCUT2D eigenvalue weighted by Gasteiger charge is 2.03. The first kappa shape index (κ1) is 12.5. The molecule has 3 nitrogen and oxygen atoms in total. The first-order chi connectivity index (χ1) is 8.69. The summed E-state index contributed by atoms with van der Waals surface area (Å²) >= 11 is 5.77. The molecular formula is C13H10ClFN2O. The number of nitrogens with zero attached hydrogens (tertiary/aromatic N) is 1. The number of hydrogen-bond donors (Lipinski definition) is 1. The zero-order valence-corrected chi connectivity index (χ0v) is 10.1. The molecule has 2 aromatic rings. The largest absolute Gasteiger partial charge is 0.366 e. The molecule has 0 amide bonds. The van der Waals surface area contributed by atoms with Crippen LogP contribution in [0.15, 0.2) is 36.4 Å². The molecule has 18 heavy (non-hydrogen) atoms. The molecule has 0 saturated heterocycles. The fraction of sp³-hybridized carbons (Fsp3) is 0.0769. The number of aromatic nitrogens is 1. The van der Waals surface area contributed by atoms with Crippen LogP contribution in [0.5, 0.6) is 0 Å². The van der Waals surface area contributed by atoms with Crippen LogP contribution in [0.3, 0.4) is 0 Å². The minimum Gasteiger partial charge on any atom is -0.366 e. The van der Waals surface area contributed by atoms with Crippen LogP contribution >= 0.6 is 11.6 Å². The van der Waals surface area contributed by atoms with Crippen LogP contribution in [-0.2, 0) is 6.54 Å². The topological polar surface area (TPSA) is 42.0 Å². The normalized spacial score (nSPS) is 10.1. The Balaban J connectivity index is 2.04. The zero-order chi connectivity index (χ0) is 13.0. The number of nitrogens with one attached hydrogen (secondary N) is 1. The maximum Gasteiger partial charge on any atom is 0.225 e. The molecule has 0 saturated carbocycles. The van der Waals surface area contributed by atoms with Crippen LogP contribution in [-0.4, -0.2) is 11.3 Å². The summed E-state index contributed by atoms with van der Waals surface area (Å²) in [6.07, 6.45) is 0.436. The van der Waals surface area contributed by atoms with Gasteiger partial charge in [0.2, 0.25) is 5.95 Å². The highest BCUT2D eigenvalue weighted by molar-refractivity contribution is 6.30. The monoisotopic (exact) mass is 264 g/mol. The summed E-state index contributed by atoms with van der Waals surface area (Å²) in [5.41, 5.74) is 0.952. The van der Waals surface area contributed by atoms with Crippen molar-refractivity contribution in [1.29, 1.82) is 0 Å². The van der Waals surface area contributed by atoms with Gasteiger partial charge in [0.25, 0.3) is 0 Å². The van der Waals surface area contributed by atoms with E-state index < -0.39 is 5.95 Å². The molecule has 0 spiro atoms. The summed E-state index contributed by atoms with van der Waals surface area (Å²) < 4.78 is 13.2. The molecule has 0 aliphatic rings. The highest BCUT2D eigenvalue weighted by atomic mass is 35.5. The minimum absolute atomic E-state index is 0.0490. The van der Waals surface area contributed by atoms with E-state index in [-0.39, 0.29) is 5.56 Å². The van der Waals surface area contributed by atoms with Gasteiger partial charge in [-0.1, -0.05) is 23.7 Å². The maximum atomic E-state index is 13.2. The van der Waals surface area contributed by atoms with E-state index in [2.05, 4.69) is 10.3 Å². The number of pyridine rings is 1. The standard InChI is InChI=1S/C13H10ClFN2O/c14-11-4-1-9(2-5-11)7-16-12-6-3-10(8-18)13(15)17-12/h1-6,8H,7H2,(H,16,17). The Morgan fingerprint density at radius 3 is 2.56 bits per heavy atom. The molecular weight excluding hydrogens is 255 g/mol. The molecule has 2 rings (SSSR count). The molecule has 0 unspecified atom stereocenters. The number of rotatable bonds is 4. The molecule has 0 radical (unpaired) electrons. The van der Waals surface area contributed by atoms with Crippen molar-refractivity contribution in [2.24, 2.45) is 0 Å². The SMILES string of the molecule is O=Cc1ccc(NCc2ccc(Cl)cc2)nc1F. The molecule has 0 fully saturated rings. The summed E-state index contributed by atoms with van der Waals surface area (Å²) in [5, 5.41) is 3.63. The van der Waals surface area contributed by atoms with Crippen molar-refractivity contribution in [2.75, 3.05) is 5.32 Å². The van der Waals surface area contributed by atoms with Crippen molar-refractivity contribution in [3.8, 4) is 0 Å². The zero-order valence-electron chi connectivity index (χ0n) is 9.36. The third-order valence-corrected chi connectivity index (χ3v) is 2.64. The Kier molecular flexibility index (Phi) is 3.89. The smallest absolute Gasteiger partial charge is 0.225 e. The second-order valence-corrected chi connectivity index (χ2v) is 4.11. The molecule has 92 valence electrons. The van der Waals surface area contributed by atoms with Crippen molar-refractivity contribution in [3.63, 3.8) is 0 Å². The fourth-order valence-corrected chi connectivity index (χ4v) is 1.55. The van der Waals surface area contributed by atoms with Gasteiger partial charge in [0, 0.05) is 11.6 Å². The van der Waals surface area contributed by atoms with Crippen molar-refractivity contribution < 1.29 is 9.18 Å². The number of halogens is 2. The average molecular weight is 265 g/mol. The van der Waals surface area contributed by atoms with Gasteiger partial charge in [-0.25, -0.2) is 4.98 Å². The molecule has 1 aromatic carbocycles. The first-order valence-corrected chi connectivity index (χ1v) is 5.67. The van der Waals surface area contributed by atoms with Gasteiger partial charge in [0.15, 0.2) is 6.29 Å². The molecule has 0 bridgehead atoms. The fourth-order valence-electron chi connectivity index (χ4n) is 1.43. The second kappa shape index (κ2) is 5.60. The van der Waals surface area contributed by atoms with Gasteiger partial charge in [-0.3, -0.25) is 4.79 Å². The molecule has 5 heteroatoms. The van der Waals surface area contributed by atoms with Crippen LogP contribution in [0.2, 0.25) is 5.02 Å². The van der Waals surface area contributed by atoms with Gasteiger partial charge in [-0.05, 0) is 29.8 Å². The molecule has 0 aliphatic heterocycles. The maximum absolute atomic E-state index is 13.2. The highest BCUT2D eigenvalue weighted by Crippen LogP contribution is 2.12. The lowest BCUT2D eigenvalue weighted by Crippen LogP contribution is -2.03. The number of anilines is 1. The van der Waals surface area contributed by atoms with Crippen LogP contribution in [0.4, 0.5) is 10.2 Å². The minimum atomic E-state index is -0.772. The van der Waals surface area contributed by atoms with Crippen LogP contribution in [0.1, 0.15) is 15.9 Å². The van der Waals surface area contributed by atoms with Crippen molar-refractivity contribution >= 4 is 23.7 Å². The van der Waals surface area contributed by atoms with Crippen molar-refractivity contribution in [2.45, 2.75) is 6.54 Å². The third kappa shape index (κ3) is 3.05. The van der Waals surface area contributed by atoms with Gasteiger partial charge < -0.3 is 5.32 Å². The summed E-state index contributed by atoms with van der Waals surface area (Å²) in [6.45, 7) is 0.504. The predicted octanol–water partition coefficient (Wildman–Crippen LogP) is 3.30. The number of carbonyl (C=O) groups is 1. The molecule has 0 aliphatic carbocycles. The third-order valence-electron chi connectivity index (χ3n) is 2.39. The number of hydrogen-bond acceptors (Lipinski definition) is 3. The molecule has 1 N–H and O–H groups in total. The van der Waals surface area contributed by atoms with E-state index in [0.717, 1.165) is 5.56 Å². The van der Waals surface area contributed by atoms with Gasteiger partial charge in [-0.15, -0.1) is 0 Å². The molecule has 1 aromatic heterocycles. The van der Waals surface area contributed by atoms with Crippen LogP contribution in [0, 0.1) is 5.95 Å². The lowest BCUT2D eigenvalue weighted by molar-refractivity contribution is 0.111. The van der Waals surface area contributed by atoms with E-state index in [9.17, 15) is 9.18 Å². The summed E-state index contributed by atoms with van der Waals surface area (Å²) in [7, 11) is 0. The van der Waals surface area contributed by atoms with E-state index in [1.165, 1.54) is 6.07 Å². The van der Waals surface area contributed by atoms with E-state index >= 15 is 0 Å². The van der Waals surface area contributed by atoms with E-state index in [0.29, 0.717) is 23.7 Å². The first-order valence-electron chi connectivity index (χ1n) is 5.29. The number of carbonyl (C=O) groups excluding carboxylic acids is 1. The van der Waals surface area contributed by atoms with Gasteiger partial charge in [0.05, 0.1) is 5.56 Å². The Morgan fingerprint density at radius 2 is 1.94 bits per heavy atom. The van der Waals surface area contributed by atoms with Crippen LogP contribution in [0.25, 0.3) is 0 Å². The van der Waals surface area contributed by atoms with Crippen molar-refractivity contribution in [1.82, 2.24) is 4.98 Å². The quantitative estimate of drug-likeness (QED) is 0.681. The van der Waals surface area contributed by atoms with Gasteiger partial charge in [-0.2, -0.15) is 4.39 Å². The van der Waals surface area contributed by atoms with Gasteiger partial charge in [0.1, 0.15) is 5.82 Å². The summed E-state index contributed by atoms with van der Waals surface area (Å²) in [4.78, 5) is 14.1. The van der Waals surface area contributed by atoms with E-state index in [4.69, 9.17) is 11.6 Å². The molecule has 0 atom stereocenters. The lowest BCUT2D eigenvalue weighted by Gasteiger charge is -2.06. The van der Waals surface area contributed by atoms with E-state index in [1.807, 2.05) is 12.1 Å². The number of aldehydes is 1. The second-order valence-electron chi connectivity index (χ2n) is 3.67. The molecule has 1 heterocycles. The van der Waals surface area contributed by atoms with Gasteiger partial charge >= 0.3 is 0 Å². The number of benzene rings is 1. The summed E-state index contributed by atoms with van der Waals surface area (Å²) in [6, 6.07) is 10.2. The van der Waals surface area contributed by atoms with E-state index in [1.54, 1.807) is 18.2 Å². The predicted molar refractivity (Wildman–Crippen MR) is 68.4 cm³/mol. The lowest BCUT2D eigenvalue weighted by atomic mass is 10.2. The summed E-state index contributed by atoms with van der Waals surface area (Å²) in [5.74, 6) is -0.390. The average Bonchev–Trinajstić information content (AvgIpc) is 2.38. The van der Waals surface area contributed by atoms with Crippen LogP contribution < -0.4 is 5.32 Å². The Hall–Kier alpha value is -1.94. The Bertz CT molecular complexity index is 557. The Labute approximate surface area is 109 Å². The Morgan fingerprint density at radius 1 is 1.22 bits per heavy atom.